The summed E-state index contributed by atoms with van der Waals surface area (Å²) in [5, 5.41) is 11.9. The summed E-state index contributed by atoms with van der Waals surface area (Å²) >= 11 is 0. The number of carbonyl (C=O) groups excluding carboxylic acids is 1. The van der Waals surface area contributed by atoms with E-state index in [4.69, 9.17) is 4.55 Å². The minimum absolute atomic E-state index is 0.0193. The molecule has 0 unspecified atom stereocenters. The first kappa shape index (κ1) is 17.9. The lowest BCUT2D eigenvalue weighted by molar-refractivity contribution is -0.111. The van der Waals surface area contributed by atoms with Crippen LogP contribution in [0.4, 0.5) is 5.69 Å². The molecule has 2 aromatic carbocycles. The van der Waals surface area contributed by atoms with Crippen molar-refractivity contribution in [2.45, 2.75) is 9.79 Å². The third-order valence-electron chi connectivity index (χ3n) is 3.02. The van der Waals surface area contributed by atoms with Crippen molar-refractivity contribution in [3.05, 3.63) is 36.9 Å². The minimum atomic E-state index is -4.78. The van der Waals surface area contributed by atoms with Gasteiger partial charge in [0.2, 0.25) is 5.91 Å². The van der Waals surface area contributed by atoms with E-state index in [-0.39, 0.29) is 16.5 Å². The average Bonchev–Trinajstić information content (AvgIpc) is 2.44. The molecule has 0 aliphatic rings. The number of rotatable bonds is 4. The van der Waals surface area contributed by atoms with Gasteiger partial charge in [-0.15, -0.1) is 0 Å². The summed E-state index contributed by atoms with van der Waals surface area (Å²) < 4.78 is 63.6. The van der Waals surface area contributed by atoms with Gasteiger partial charge in [-0.25, -0.2) is 0 Å². The molecule has 4 N–H and O–H groups in total. The van der Waals surface area contributed by atoms with Gasteiger partial charge in [0.1, 0.15) is 10.6 Å². The van der Waals surface area contributed by atoms with Gasteiger partial charge in [-0.05, 0) is 29.7 Å². The van der Waals surface area contributed by atoms with Gasteiger partial charge in [-0.1, -0.05) is 6.58 Å². The maximum absolute atomic E-state index is 11.5. The molecule has 1 amide bonds. The number of hydrogen-bond donors (Lipinski definition) is 4. The molecule has 0 saturated carbocycles. The van der Waals surface area contributed by atoms with Crippen LogP contribution in [0.3, 0.4) is 0 Å². The molecule has 128 valence electrons. The van der Waals surface area contributed by atoms with Gasteiger partial charge in [0.25, 0.3) is 20.2 Å². The number of nitrogens with one attached hydrogen (secondary N) is 1. The fourth-order valence-corrected chi connectivity index (χ4v) is 3.19. The summed E-state index contributed by atoms with van der Waals surface area (Å²) in [5.74, 6) is -1.36. The predicted molar refractivity (Wildman–Crippen MR) is 84.1 cm³/mol. The van der Waals surface area contributed by atoms with E-state index in [0.717, 1.165) is 30.3 Å². The van der Waals surface area contributed by atoms with Gasteiger partial charge in [0.15, 0.2) is 0 Å². The molecule has 0 fully saturated rings. The van der Waals surface area contributed by atoms with Crippen LogP contribution in [0.1, 0.15) is 0 Å². The second kappa shape index (κ2) is 5.87. The molecule has 2 rings (SSSR count). The van der Waals surface area contributed by atoms with Gasteiger partial charge in [-0.3, -0.25) is 13.9 Å². The smallest absolute Gasteiger partial charge is 0.296 e. The van der Waals surface area contributed by atoms with Crippen molar-refractivity contribution >= 4 is 42.6 Å². The molecule has 24 heavy (non-hydrogen) atoms. The molecule has 0 radical (unpaired) electrons. The Balaban J connectivity index is 2.87. The zero-order valence-corrected chi connectivity index (χ0v) is 13.4. The highest BCUT2D eigenvalue weighted by Gasteiger charge is 2.21. The fourth-order valence-electron chi connectivity index (χ4n) is 1.99. The standard InChI is InChI=1S/C13H11NO8S2/c1-2-13(16)14-10-6-9-7(4-12(10)24(20,21)22)3-8(5-11(9)15)23(17,18)19/h2-6,15H,1H2,(H,14,16)(H,17,18,19)(H,20,21,22). The molecule has 0 bridgehead atoms. The van der Waals surface area contributed by atoms with Gasteiger partial charge in [-0.2, -0.15) is 16.8 Å². The molecule has 0 aliphatic heterocycles. The summed E-state index contributed by atoms with van der Waals surface area (Å²) in [7, 11) is -9.44. The maximum Gasteiger partial charge on any atom is 0.296 e. The van der Waals surface area contributed by atoms with Crippen molar-refractivity contribution in [1.82, 2.24) is 0 Å². The van der Waals surface area contributed by atoms with Crippen LogP contribution in [0.2, 0.25) is 0 Å². The third-order valence-corrected chi connectivity index (χ3v) is 4.75. The van der Waals surface area contributed by atoms with Crippen LogP contribution >= 0.6 is 0 Å². The Labute approximate surface area is 136 Å². The van der Waals surface area contributed by atoms with E-state index in [1.54, 1.807) is 0 Å². The molecule has 0 atom stereocenters. The van der Waals surface area contributed by atoms with Crippen LogP contribution in [0.5, 0.6) is 5.75 Å². The predicted octanol–water partition coefficient (Wildman–Crippen LogP) is 1.16. The van der Waals surface area contributed by atoms with E-state index in [0.29, 0.717) is 0 Å². The van der Waals surface area contributed by atoms with Crippen LogP contribution in [-0.2, 0) is 25.0 Å². The van der Waals surface area contributed by atoms with Crippen molar-refractivity contribution < 1.29 is 35.8 Å². The molecule has 11 heteroatoms. The quantitative estimate of drug-likeness (QED) is 0.459. The third kappa shape index (κ3) is 3.54. The van der Waals surface area contributed by atoms with Crippen molar-refractivity contribution in [1.29, 1.82) is 0 Å². The van der Waals surface area contributed by atoms with Crippen LogP contribution < -0.4 is 5.32 Å². The first-order valence-electron chi connectivity index (χ1n) is 6.12. The number of benzene rings is 2. The molecule has 0 aliphatic carbocycles. The van der Waals surface area contributed by atoms with E-state index >= 15 is 0 Å². The van der Waals surface area contributed by atoms with E-state index < -0.39 is 41.7 Å². The van der Waals surface area contributed by atoms with Crippen LogP contribution in [-0.4, -0.2) is 37.0 Å². The summed E-state index contributed by atoms with van der Waals surface area (Å²) in [6.07, 6.45) is 0.860. The summed E-state index contributed by atoms with van der Waals surface area (Å²) in [4.78, 5) is 9.99. The van der Waals surface area contributed by atoms with E-state index in [1.165, 1.54) is 0 Å². The lowest BCUT2D eigenvalue weighted by atomic mass is 10.1. The normalized spacial score (nSPS) is 12.1. The Morgan fingerprint density at radius 2 is 1.67 bits per heavy atom. The van der Waals surface area contributed by atoms with Gasteiger partial charge in [0.05, 0.1) is 10.6 Å². The molecule has 0 spiro atoms. The summed E-state index contributed by atoms with van der Waals surface area (Å²) in [6, 6.07) is 3.53. The van der Waals surface area contributed by atoms with E-state index in [1.807, 2.05) is 0 Å². The van der Waals surface area contributed by atoms with E-state index in [9.17, 15) is 31.3 Å². The molecule has 0 aromatic heterocycles. The second-order valence-electron chi connectivity index (χ2n) is 4.66. The second-order valence-corrected chi connectivity index (χ2v) is 7.47. The van der Waals surface area contributed by atoms with Crippen molar-refractivity contribution in [2.75, 3.05) is 5.32 Å². The highest BCUT2D eigenvalue weighted by molar-refractivity contribution is 7.86. The first-order valence-corrected chi connectivity index (χ1v) is 9.00. The number of fused-ring (bicyclic) bond motifs is 1. The summed E-state index contributed by atoms with van der Waals surface area (Å²) in [6.45, 7) is 3.20. The zero-order valence-electron chi connectivity index (χ0n) is 11.8. The Bertz CT molecular complexity index is 1070. The van der Waals surface area contributed by atoms with Crippen LogP contribution in [0.15, 0.2) is 46.7 Å². The molecule has 0 heterocycles. The Kier molecular flexibility index (Phi) is 4.37. The summed E-state index contributed by atoms with van der Waals surface area (Å²) in [5.41, 5.74) is -0.343. The lowest BCUT2D eigenvalue weighted by Crippen LogP contribution is -2.12. The molecule has 2 aromatic rings. The highest BCUT2D eigenvalue weighted by Crippen LogP contribution is 2.34. The molecule has 0 saturated heterocycles. The van der Waals surface area contributed by atoms with Gasteiger partial charge >= 0.3 is 0 Å². The van der Waals surface area contributed by atoms with Crippen molar-refractivity contribution in [3.8, 4) is 5.75 Å². The number of phenolic OH excluding ortho intramolecular Hbond substituents is 1. The number of aromatic hydroxyl groups is 1. The topological polar surface area (TPSA) is 158 Å². The average molecular weight is 373 g/mol. The number of hydrogen-bond acceptors (Lipinski definition) is 6. The van der Waals surface area contributed by atoms with Crippen molar-refractivity contribution in [3.63, 3.8) is 0 Å². The Morgan fingerprint density at radius 1 is 1.04 bits per heavy atom. The molecular formula is C13H11NO8S2. The number of carbonyl (C=O) groups is 1. The largest absolute Gasteiger partial charge is 0.507 e. The molecule has 9 nitrogen and oxygen atoms in total. The Morgan fingerprint density at radius 3 is 2.17 bits per heavy atom. The number of amides is 1. The van der Waals surface area contributed by atoms with E-state index in [2.05, 4.69) is 11.9 Å². The fraction of sp³-hybridized carbons (Fsp3) is 0. The van der Waals surface area contributed by atoms with Crippen LogP contribution in [0, 0.1) is 0 Å². The number of phenols is 1. The SMILES string of the molecule is C=CC(=O)Nc1cc2c(O)cc(S(=O)(=O)O)cc2cc1S(=O)(=O)O. The maximum atomic E-state index is 11.5. The number of anilines is 1. The molecular weight excluding hydrogens is 362 g/mol. The lowest BCUT2D eigenvalue weighted by Gasteiger charge is -2.11. The minimum Gasteiger partial charge on any atom is -0.507 e. The monoisotopic (exact) mass is 373 g/mol. The van der Waals surface area contributed by atoms with Gasteiger partial charge < -0.3 is 10.4 Å². The first-order chi connectivity index (χ1) is 10.9. The zero-order chi connectivity index (χ0) is 18.3. The van der Waals surface area contributed by atoms with Gasteiger partial charge in [0, 0.05) is 11.5 Å². The van der Waals surface area contributed by atoms with Crippen LogP contribution in [0.25, 0.3) is 10.8 Å². The highest BCUT2D eigenvalue weighted by atomic mass is 32.2. The van der Waals surface area contributed by atoms with Crippen molar-refractivity contribution in [2.24, 2.45) is 0 Å². The Hall–Kier alpha value is -2.47.